The number of Topliss-reactive ketones (excluding diaryl/α,β-unsaturated/α-hetero) is 4. The summed E-state index contributed by atoms with van der Waals surface area (Å²) in [7, 11) is 0. The smallest absolute Gasteiger partial charge is 0.305 e. The first-order valence-electron chi connectivity index (χ1n) is 11.3. The number of benzene rings is 1. The largest absolute Gasteiger partial charge is 0.505 e. The van der Waals surface area contributed by atoms with Crippen LogP contribution >= 0.6 is 0 Å². The Bertz CT molecular complexity index is 1240. The van der Waals surface area contributed by atoms with Crippen molar-refractivity contribution in [3.63, 3.8) is 0 Å². The summed E-state index contributed by atoms with van der Waals surface area (Å²) in [5.74, 6) is -14.6. The van der Waals surface area contributed by atoms with Gasteiger partial charge in [0.25, 0.3) is 0 Å². The number of anilines is 1. The lowest BCUT2D eigenvalue weighted by atomic mass is 9.50. The number of nitrogens with two attached hydrogens (primary N) is 1. The van der Waals surface area contributed by atoms with Crippen LogP contribution in [0.2, 0.25) is 0 Å². The topological polar surface area (TPSA) is 207 Å². The Morgan fingerprint density at radius 2 is 1.89 bits per heavy atom. The Morgan fingerprint density at radius 3 is 2.47 bits per heavy atom. The van der Waals surface area contributed by atoms with Gasteiger partial charge >= 0.3 is 5.97 Å². The Kier molecular flexibility index (Phi) is 6.03. The van der Waals surface area contributed by atoms with Crippen molar-refractivity contribution in [1.29, 1.82) is 0 Å². The highest BCUT2D eigenvalue weighted by Gasteiger charge is 2.71. The summed E-state index contributed by atoms with van der Waals surface area (Å²) < 4.78 is 5.57. The molecule has 0 heterocycles. The average Bonchev–Trinajstić information content (AvgIpc) is 2.82. The molecule has 12 nitrogen and oxygen atoms in total. The SMILES string of the molecule is CCC(=O)O[C@H]1[C@H]2C(C(=O)c3c(ccc(NC=O)c3O)[C@@H]2C)C(=O)[C@]2(O)C(=O)C(C(N)=O)C(=O)C[C@H]12. The molecule has 2 fully saturated rings. The quantitative estimate of drug-likeness (QED) is 0.174. The molecule has 2 saturated carbocycles. The second-order valence-corrected chi connectivity index (χ2v) is 9.31. The van der Waals surface area contributed by atoms with Crippen LogP contribution in [0.1, 0.15) is 48.5 Å². The van der Waals surface area contributed by atoms with Crippen LogP contribution in [0.25, 0.3) is 0 Å². The van der Waals surface area contributed by atoms with Gasteiger partial charge in [-0.2, -0.15) is 0 Å². The zero-order valence-electron chi connectivity index (χ0n) is 19.3. The summed E-state index contributed by atoms with van der Waals surface area (Å²) in [6.45, 7) is 3.10. The molecule has 7 atom stereocenters. The van der Waals surface area contributed by atoms with Gasteiger partial charge in [0, 0.05) is 24.7 Å². The van der Waals surface area contributed by atoms with Crippen molar-refractivity contribution < 1.29 is 48.5 Å². The Labute approximate surface area is 204 Å². The molecule has 0 aliphatic heterocycles. The number of carbonyl (C=O) groups is 7. The number of phenols is 1. The van der Waals surface area contributed by atoms with Crippen LogP contribution in [0, 0.1) is 23.7 Å². The molecule has 0 bridgehead atoms. The van der Waals surface area contributed by atoms with Gasteiger partial charge in [0.15, 0.2) is 34.7 Å². The van der Waals surface area contributed by atoms with Crippen molar-refractivity contribution in [2.45, 2.75) is 44.3 Å². The number of nitrogens with one attached hydrogen (secondary N) is 1. The van der Waals surface area contributed by atoms with Gasteiger partial charge < -0.3 is 26.0 Å². The Hall–Kier alpha value is -3.93. The first-order chi connectivity index (χ1) is 16.9. The number of aromatic hydroxyl groups is 1. The van der Waals surface area contributed by atoms with E-state index in [9.17, 15) is 43.8 Å². The van der Waals surface area contributed by atoms with Crippen LogP contribution in [0.15, 0.2) is 12.1 Å². The van der Waals surface area contributed by atoms with Crippen LogP contribution in [0.5, 0.6) is 5.75 Å². The highest BCUT2D eigenvalue weighted by molar-refractivity contribution is 6.31. The van der Waals surface area contributed by atoms with E-state index >= 15 is 0 Å². The van der Waals surface area contributed by atoms with Gasteiger partial charge in [0.2, 0.25) is 12.3 Å². The molecule has 1 aromatic rings. The van der Waals surface area contributed by atoms with E-state index < -0.39 is 88.5 Å². The zero-order chi connectivity index (χ0) is 26.7. The van der Waals surface area contributed by atoms with Crippen molar-refractivity contribution in [2.75, 3.05) is 5.32 Å². The fraction of sp³-hybridized carbons (Fsp3) is 0.458. The van der Waals surface area contributed by atoms with Gasteiger partial charge in [-0.15, -0.1) is 0 Å². The third kappa shape index (κ3) is 3.28. The summed E-state index contributed by atoms with van der Waals surface area (Å²) >= 11 is 0. The van der Waals surface area contributed by atoms with E-state index in [1.165, 1.54) is 19.1 Å². The lowest BCUT2D eigenvalue weighted by Crippen LogP contribution is -2.73. The number of esters is 1. The predicted octanol–water partition coefficient (Wildman–Crippen LogP) is -0.612. The molecule has 12 heteroatoms. The molecule has 0 aromatic heterocycles. The average molecular weight is 500 g/mol. The first kappa shape index (κ1) is 25.2. The van der Waals surface area contributed by atoms with E-state index in [0.717, 1.165) is 0 Å². The minimum absolute atomic E-state index is 0.107. The number of rotatable bonds is 5. The second kappa shape index (κ2) is 8.63. The molecular weight excluding hydrogens is 476 g/mol. The molecule has 36 heavy (non-hydrogen) atoms. The number of ketones is 4. The minimum Gasteiger partial charge on any atom is -0.505 e. The lowest BCUT2D eigenvalue weighted by molar-refractivity contribution is -0.198. The van der Waals surface area contributed by atoms with Crippen molar-refractivity contribution in [3.05, 3.63) is 23.3 Å². The number of ether oxygens (including phenoxy) is 1. The minimum atomic E-state index is -3.01. The van der Waals surface area contributed by atoms with Crippen molar-refractivity contribution >= 4 is 47.1 Å². The number of aliphatic hydroxyl groups is 1. The Morgan fingerprint density at radius 1 is 1.22 bits per heavy atom. The number of phenolic OH excluding ortho intramolecular Hbond substituents is 1. The molecular formula is C24H24N2O10. The predicted molar refractivity (Wildman–Crippen MR) is 118 cm³/mol. The number of primary amides is 1. The fourth-order valence-electron chi connectivity index (χ4n) is 5.90. The van der Waals surface area contributed by atoms with Crippen LogP contribution in [0.3, 0.4) is 0 Å². The molecule has 5 N–H and O–H groups in total. The number of hydrogen-bond acceptors (Lipinski definition) is 10. The van der Waals surface area contributed by atoms with E-state index in [1.807, 2.05) is 0 Å². The monoisotopic (exact) mass is 500 g/mol. The van der Waals surface area contributed by atoms with Gasteiger partial charge in [0.1, 0.15) is 11.9 Å². The van der Waals surface area contributed by atoms with E-state index in [1.54, 1.807) is 6.92 Å². The van der Waals surface area contributed by atoms with Crippen LogP contribution < -0.4 is 11.1 Å². The van der Waals surface area contributed by atoms with E-state index in [2.05, 4.69) is 5.32 Å². The van der Waals surface area contributed by atoms with Crippen molar-refractivity contribution in [1.82, 2.24) is 0 Å². The summed E-state index contributed by atoms with van der Waals surface area (Å²) in [6.07, 6.45) is -1.91. The number of amides is 2. The van der Waals surface area contributed by atoms with Gasteiger partial charge in [-0.05, 0) is 17.5 Å². The molecule has 3 aliphatic rings. The zero-order valence-corrected chi connectivity index (χ0v) is 19.3. The summed E-state index contributed by atoms with van der Waals surface area (Å²) in [6, 6.07) is 2.82. The summed E-state index contributed by atoms with van der Waals surface area (Å²) in [5, 5.41) is 24.4. The standard InChI is InChI=1S/C24H24N2O10/c1-3-13(29)36-20-10-6-12(28)16(23(25)34)21(32)24(10,35)22(33)17-14(20)8(2)9-4-5-11(26-7-27)18(30)15(9)19(17)31/h4-5,7-8,10,14,16-17,20,30,35H,3,6H2,1-2H3,(H2,25,34)(H,26,27)/t8-,10+,14+,16?,17?,20+,24+/m0/s1. The molecule has 4 rings (SSSR count). The first-order valence-corrected chi connectivity index (χ1v) is 11.3. The van der Waals surface area contributed by atoms with Crippen LogP contribution in [-0.4, -0.2) is 63.3 Å². The van der Waals surface area contributed by atoms with Crippen LogP contribution in [0.4, 0.5) is 5.69 Å². The second-order valence-electron chi connectivity index (χ2n) is 9.31. The van der Waals surface area contributed by atoms with Gasteiger partial charge in [-0.1, -0.05) is 19.9 Å². The summed E-state index contributed by atoms with van der Waals surface area (Å²) in [5.41, 5.74) is 2.08. The number of carbonyl (C=O) groups excluding carboxylic acids is 7. The van der Waals surface area contributed by atoms with E-state index in [0.29, 0.717) is 0 Å². The molecule has 190 valence electrons. The van der Waals surface area contributed by atoms with Gasteiger partial charge in [-0.25, -0.2) is 0 Å². The molecule has 3 aliphatic carbocycles. The molecule has 2 unspecified atom stereocenters. The molecule has 0 spiro atoms. The van der Waals surface area contributed by atoms with E-state index in [4.69, 9.17) is 10.5 Å². The molecule has 2 amide bonds. The third-order valence-electron chi connectivity index (χ3n) is 7.60. The fourth-order valence-corrected chi connectivity index (χ4v) is 5.90. The van der Waals surface area contributed by atoms with Gasteiger partial charge in [0.05, 0.1) is 17.2 Å². The normalized spacial score (nSPS) is 33.2. The maximum atomic E-state index is 13.7. The number of fused-ring (bicyclic) bond motifs is 3. The summed E-state index contributed by atoms with van der Waals surface area (Å²) in [4.78, 5) is 88.4. The highest BCUT2D eigenvalue weighted by Crippen LogP contribution is 2.55. The van der Waals surface area contributed by atoms with Crippen molar-refractivity contribution in [3.8, 4) is 5.75 Å². The Balaban J connectivity index is 1.95. The van der Waals surface area contributed by atoms with Crippen molar-refractivity contribution in [2.24, 2.45) is 29.4 Å². The van der Waals surface area contributed by atoms with Gasteiger partial charge in [-0.3, -0.25) is 33.6 Å². The number of hydrogen-bond donors (Lipinski definition) is 4. The lowest BCUT2D eigenvalue weighted by Gasteiger charge is -2.53. The molecule has 0 saturated heterocycles. The maximum absolute atomic E-state index is 13.7. The highest BCUT2D eigenvalue weighted by atomic mass is 16.5. The molecule has 0 radical (unpaired) electrons. The maximum Gasteiger partial charge on any atom is 0.305 e. The molecule has 1 aromatic carbocycles. The van der Waals surface area contributed by atoms with E-state index in [-0.39, 0.29) is 29.6 Å². The van der Waals surface area contributed by atoms with Crippen LogP contribution in [-0.2, 0) is 33.5 Å². The third-order valence-corrected chi connectivity index (χ3v) is 7.60.